The number of carbonyl (C=O) groups is 1. The monoisotopic (exact) mass is 514 g/mol. The average Bonchev–Trinajstić information content (AvgIpc) is 3.61. The fraction of sp³-hybridized carbons (Fsp3) is 0.188. The number of amides is 1. The van der Waals surface area contributed by atoms with Gasteiger partial charge >= 0.3 is 0 Å². The Morgan fingerprint density at radius 1 is 0.923 bits per heavy atom. The molecule has 3 aromatic carbocycles. The predicted octanol–water partition coefficient (Wildman–Crippen LogP) is 6.07. The number of anilines is 1. The molecule has 0 radical (unpaired) electrons. The number of pyridine rings is 1. The molecule has 39 heavy (non-hydrogen) atoms. The lowest BCUT2D eigenvalue weighted by Gasteiger charge is -2.20. The van der Waals surface area contributed by atoms with Gasteiger partial charge in [-0.2, -0.15) is 10.2 Å². The second-order valence-electron chi connectivity index (χ2n) is 9.90. The van der Waals surface area contributed by atoms with Crippen LogP contribution in [0.2, 0.25) is 0 Å². The lowest BCUT2D eigenvalue weighted by molar-refractivity contribution is 0.0956. The van der Waals surface area contributed by atoms with Crippen LogP contribution in [0.25, 0.3) is 27.8 Å². The van der Waals surface area contributed by atoms with E-state index in [0.29, 0.717) is 5.56 Å². The van der Waals surface area contributed by atoms with E-state index >= 15 is 0 Å². The molecule has 1 fully saturated rings. The van der Waals surface area contributed by atoms with E-state index in [1.54, 1.807) is 6.21 Å². The maximum absolute atomic E-state index is 13.5. The number of nitrogens with zero attached hydrogens (tertiary/aromatic N) is 5. The van der Waals surface area contributed by atoms with Crippen LogP contribution in [0.1, 0.15) is 40.0 Å². The summed E-state index contributed by atoms with van der Waals surface area (Å²) < 4.78 is 1.98. The van der Waals surface area contributed by atoms with E-state index in [0.717, 1.165) is 70.9 Å². The Labute approximate surface area is 227 Å². The quantitative estimate of drug-likeness (QED) is 0.221. The topological polar surface area (TPSA) is 75.4 Å². The van der Waals surface area contributed by atoms with E-state index < -0.39 is 0 Å². The van der Waals surface area contributed by atoms with Crippen LogP contribution in [0.3, 0.4) is 0 Å². The Balaban J connectivity index is 1.33. The van der Waals surface area contributed by atoms with E-state index in [1.165, 1.54) is 5.56 Å². The molecule has 2 aromatic heterocycles. The Bertz CT molecular complexity index is 1670. The lowest BCUT2D eigenvalue weighted by Crippen LogP contribution is -2.23. The van der Waals surface area contributed by atoms with Crippen LogP contribution in [0.4, 0.5) is 5.82 Å². The second kappa shape index (κ2) is 10.5. The van der Waals surface area contributed by atoms with Gasteiger partial charge in [-0.05, 0) is 51.0 Å². The largest absolute Gasteiger partial charge is 0.356 e. The SMILES string of the molecule is Cc1ccc(-c2cc(C(=O)N/N=C/c3c(C)nn(-c4ccccc4)c3N3CCCC3)c3ccccc3n2)cc1. The van der Waals surface area contributed by atoms with Gasteiger partial charge in [0.1, 0.15) is 5.82 Å². The summed E-state index contributed by atoms with van der Waals surface area (Å²) in [6.07, 6.45) is 4.01. The summed E-state index contributed by atoms with van der Waals surface area (Å²) in [6, 6.07) is 27.8. The minimum absolute atomic E-state index is 0.283. The van der Waals surface area contributed by atoms with Crippen molar-refractivity contribution in [2.24, 2.45) is 5.10 Å². The molecule has 1 amide bonds. The summed E-state index contributed by atoms with van der Waals surface area (Å²) >= 11 is 0. The molecule has 1 aliphatic heterocycles. The summed E-state index contributed by atoms with van der Waals surface area (Å²) in [4.78, 5) is 20.6. The summed E-state index contributed by atoms with van der Waals surface area (Å²) in [5, 5.41) is 10.0. The smallest absolute Gasteiger partial charge is 0.272 e. The second-order valence-corrected chi connectivity index (χ2v) is 9.90. The minimum atomic E-state index is -0.283. The van der Waals surface area contributed by atoms with Gasteiger partial charge in [0, 0.05) is 24.0 Å². The van der Waals surface area contributed by atoms with E-state index in [1.807, 2.05) is 84.4 Å². The number of hydrogen-bond acceptors (Lipinski definition) is 5. The molecule has 0 saturated carbocycles. The number of aromatic nitrogens is 3. The van der Waals surface area contributed by atoms with Crippen LogP contribution in [-0.4, -0.2) is 40.0 Å². The summed E-state index contributed by atoms with van der Waals surface area (Å²) in [6.45, 7) is 5.97. The van der Waals surface area contributed by atoms with Gasteiger partial charge in [-0.25, -0.2) is 15.1 Å². The third-order valence-corrected chi connectivity index (χ3v) is 7.16. The van der Waals surface area contributed by atoms with Gasteiger partial charge in [-0.1, -0.05) is 66.2 Å². The Morgan fingerprint density at radius 3 is 2.41 bits per heavy atom. The number of nitrogens with one attached hydrogen (secondary N) is 1. The van der Waals surface area contributed by atoms with Crippen LogP contribution in [0, 0.1) is 13.8 Å². The van der Waals surface area contributed by atoms with Crippen LogP contribution in [0.15, 0.2) is 90.0 Å². The number of aryl methyl sites for hydroxylation is 2. The zero-order chi connectivity index (χ0) is 26.8. The van der Waals surface area contributed by atoms with Crippen molar-refractivity contribution in [1.82, 2.24) is 20.2 Å². The van der Waals surface area contributed by atoms with E-state index in [-0.39, 0.29) is 5.91 Å². The normalized spacial score (nSPS) is 13.4. The molecule has 0 unspecified atom stereocenters. The number of hydrogen-bond donors (Lipinski definition) is 1. The highest BCUT2D eigenvalue weighted by Gasteiger charge is 2.23. The molecule has 194 valence electrons. The molecule has 7 nitrogen and oxygen atoms in total. The minimum Gasteiger partial charge on any atom is -0.356 e. The molecule has 1 saturated heterocycles. The van der Waals surface area contributed by atoms with Crippen molar-refractivity contribution in [3.8, 4) is 16.9 Å². The first-order valence-corrected chi connectivity index (χ1v) is 13.3. The van der Waals surface area contributed by atoms with Gasteiger partial charge < -0.3 is 4.90 Å². The van der Waals surface area contributed by atoms with Crippen LogP contribution in [-0.2, 0) is 0 Å². The van der Waals surface area contributed by atoms with Gasteiger partial charge in [0.05, 0.1) is 39.9 Å². The van der Waals surface area contributed by atoms with Gasteiger partial charge in [0.15, 0.2) is 0 Å². The van der Waals surface area contributed by atoms with Crippen LogP contribution < -0.4 is 10.3 Å². The Morgan fingerprint density at radius 2 is 1.64 bits per heavy atom. The summed E-state index contributed by atoms with van der Waals surface area (Å²) in [7, 11) is 0. The maximum Gasteiger partial charge on any atom is 0.272 e. The van der Waals surface area contributed by atoms with Crippen molar-refractivity contribution in [2.75, 3.05) is 18.0 Å². The first-order valence-electron chi connectivity index (χ1n) is 13.3. The van der Waals surface area contributed by atoms with E-state index in [2.05, 4.69) is 34.5 Å². The fourth-order valence-corrected chi connectivity index (χ4v) is 5.11. The maximum atomic E-state index is 13.5. The molecular weight excluding hydrogens is 484 g/mol. The van der Waals surface area contributed by atoms with Crippen LogP contribution in [0.5, 0.6) is 0 Å². The Hall–Kier alpha value is -4.78. The summed E-state index contributed by atoms with van der Waals surface area (Å²) in [5.74, 6) is 0.722. The molecular formula is C32H30N6O. The first-order chi connectivity index (χ1) is 19.1. The van der Waals surface area contributed by atoms with Gasteiger partial charge in [-0.3, -0.25) is 4.79 Å². The fourth-order valence-electron chi connectivity index (χ4n) is 5.11. The lowest BCUT2D eigenvalue weighted by atomic mass is 10.0. The first kappa shape index (κ1) is 24.6. The molecule has 7 heteroatoms. The predicted molar refractivity (Wildman–Crippen MR) is 157 cm³/mol. The molecule has 0 atom stereocenters. The standard InChI is InChI=1S/C32H30N6O/c1-22-14-16-24(17-15-22)30-20-27(26-12-6-7-13-29(26)34-30)31(39)35-33-21-28-23(2)36-38(25-10-4-3-5-11-25)32(28)37-18-8-9-19-37/h3-7,10-17,20-21H,8-9,18-19H2,1-2H3,(H,35,39)/b33-21+. The molecule has 5 aromatic rings. The zero-order valence-electron chi connectivity index (χ0n) is 22.1. The molecule has 6 rings (SSSR count). The number of benzene rings is 3. The number of hydrazone groups is 1. The molecule has 1 aliphatic rings. The van der Waals surface area contributed by atoms with Crippen molar-refractivity contribution in [3.05, 3.63) is 107 Å². The number of carbonyl (C=O) groups excluding carboxylic acids is 1. The van der Waals surface area contributed by atoms with Crippen molar-refractivity contribution >= 4 is 28.8 Å². The van der Waals surface area contributed by atoms with Gasteiger partial charge in [-0.15, -0.1) is 0 Å². The average molecular weight is 515 g/mol. The van der Waals surface area contributed by atoms with Gasteiger partial charge in [0.2, 0.25) is 0 Å². The molecule has 0 spiro atoms. The number of rotatable bonds is 6. The third kappa shape index (κ3) is 4.91. The van der Waals surface area contributed by atoms with Crippen molar-refractivity contribution in [3.63, 3.8) is 0 Å². The van der Waals surface area contributed by atoms with Crippen molar-refractivity contribution in [2.45, 2.75) is 26.7 Å². The number of fused-ring (bicyclic) bond motifs is 1. The van der Waals surface area contributed by atoms with Crippen LogP contribution >= 0.6 is 0 Å². The third-order valence-electron chi connectivity index (χ3n) is 7.16. The molecule has 1 N–H and O–H groups in total. The summed E-state index contributed by atoms with van der Waals surface area (Å²) in [5.41, 5.74) is 9.71. The van der Waals surface area contributed by atoms with E-state index in [4.69, 9.17) is 10.1 Å². The molecule has 3 heterocycles. The highest BCUT2D eigenvalue weighted by Crippen LogP contribution is 2.29. The van der Waals surface area contributed by atoms with Crippen molar-refractivity contribution in [1.29, 1.82) is 0 Å². The zero-order valence-corrected chi connectivity index (χ0v) is 22.1. The van der Waals surface area contributed by atoms with E-state index in [9.17, 15) is 4.79 Å². The number of para-hydroxylation sites is 2. The Kier molecular flexibility index (Phi) is 6.63. The highest BCUT2D eigenvalue weighted by molar-refractivity contribution is 6.07. The highest BCUT2D eigenvalue weighted by atomic mass is 16.2. The molecule has 0 bridgehead atoms. The van der Waals surface area contributed by atoms with Gasteiger partial charge in [0.25, 0.3) is 5.91 Å². The molecule has 0 aliphatic carbocycles. The van der Waals surface area contributed by atoms with Crippen molar-refractivity contribution < 1.29 is 4.79 Å².